The first-order valence-electron chi connectivity index (χ1n) is 6.07. The number of benzene rings is 1. The Bertz CT molecular complexity index is 599. The number of rotatable bonds is 2. The summed E-state index contributed by atoms with van der Waals surface area (Å²) in [5, 5.41) is 3.88. The maximum atomic E-state index is 11.6. The summed E-state index contributed by atoms with van der Waals surface area (Å²) in [6, 6.07) is 8.22. The summed E-state index contributed by atoms with van der Waals surface area (Å²) in [6.45, 7) is 5.96. The zero-order valence-electron chi connectivity index (χ0n) is 11.2. The van der Waals surface area contributed by atoms with Crippen molar-refractivity contribution in [2.45, 2.75) is 32.9 Å². The number of fused-ring (bicyclic) bond motifs is 1. The average Bonchev–Trinajstić information content (AvgIpc) is 2.66. The molecule has 0 aliphatic carbocycles. The highest BCUT2D eigenvalue weighted by atomic mass is 127. The van der Waals surface area contributed by atoms with Gasteiger partial charge in [0.25, 0.3) is 0 Å². The maximum Gasteiger partial charge on any atom is 0.407 e. The fourth-order valence-electron chi connectivity index (χ4n) is 1.74. The zero-order valence-corrected chi connectivity index (χ0v) is 13.4. The van der Waals surface area contributed by atoms with E-state index in [-0.39, 0.29) is 0 Å². The fourth-order valence-corrected chi connectivity index (χ4v) is 2.26. The van der Waals surface area contributed by atoms with Crippen LogP contribution in [0.25, 0.3) is 10.9 Å². The van der Waals surface area contributed by atoms with E-state index in [0.717, 1.165) is 16.6 Å². The fraction of sp³-hybridized carbons (Fsp3) is 0.357. The van der Waals surface area contributed by atoms with Gasteiger partial charge in [0.2, 0.25) is 0 Å². The quantitative estimate of drug-likeness (QED) is 0.788. The standard InChI is InChI=1S/C14H17IN2O2/c1-14(2,3)19-13(18)16-8-11-7-9-6-10(15)4-5-12(9)17-11/h4-7,17H,8H2,1-3H3,(H,16,18). The molecule has 0 aliphatic heterocycles. The number of aromatic nitrogens is 1. The second-order valence-electron chi connectivity index (χ2n) is 5.38. The van der Waals surface area contributed by atoms with E-state index in [1.54, 1.807) is 0 Å². The number of aromatic amines is 1. The topological polar surface area (TPSA) is 54.1 Å². The van der Waals surface area contributed by atoms with Crippen LogP contribution < -0.4 is 5.32 Å². The van der Waals surface area contributed by atoms with Crippen LogP contribution in [-0.4, -0.2) is 16.7 Å². The van der Waals surface area contributed by atoms with Crippen molar-refractivity contribution >= 4 is 39.6 Å². The average molecular weight is 372 g/mol. The van der Waals surface area contributed by atoms with Crippen molar-refractivity contribution in [3.8, 4) is 0 Å². The zero-order chi connectivity index (χ0) is 14.0. The number of H-pyrrole nitrogens is 1. The number of amides is 1. The monoisotopic (exact) mass is 372 g/mol. The van der Waals surface area contributed by atoms with E-state index < -0.39 is 11.7 Å². The predicted octanol–water partition coefficient (Wildman–Crippen LogP) is 3.80. The molecule has 1 amide bonds. The molecule has 2 aromatic rings. The molecule has 2 N–H and O–H groups in total. The molecule has 19 heavy (non-hydrogen) atoms. The SMILES string of the molecule is CC(C)(C)OC(=O)NCc1cc2cc(I)ccc2[nH]1. The molecule has 0 atom stereocenters. The minimum Gasteiger partial charge on any atom is -0.444 e. The van der Waals surface area contributed by atoms with Gasteiger partial charge in [0.05, 0.1) is 6.54 Å². The van der Waals surface area contributed by atoms with Gasteiger partial charge in [0.15, 0.2) is 0 Å². The molecular formula is C14H17IN2O2. The van der Waals surface area contributed by atoms with E-state index in [4.69, 9.17) is 4.74 Å². The van der Waals surface area contributed by atoms with Gasteiger partial charge in [-0.05, 0) is 67.6 Å². The second-order valence-corrected chi connectivity index (χ2v) is 6.63. The summed E-state index contributed by atoms with van der Waals surface area (Å²) in [5.74, 6) is 0. The summed E-state index contributed by atoms with van der Waals surface area (Å²) in [5.41, 5.74) is 1.56. The molecule has 102 valence electrons. The Morgan fingerprint density at radius 1 is 1.37 bits per heavy atom. The lowest BCUT2D eigenvalue weighted by atomic mass is 10.2. The second kappa shape index (κ2) is 5.40. The van der Waals surface area contributed by atoms with Crippen LogP contribution >= 0.6 is 22.6 Å². The number of hydrogen-bond donors (Lipinski definition) is 2. The Kier molecular flexibility index (Phi) is 4.03. The van der Waals surface area contributed by atoms with E-state index >= 15 is 0 Å². The van der Waals surface area contributed by atoms with Crippen LogP contribution in [0.4, 0.5) is 4.79 Å². The van der Waals surface area contributed by atoms with Gasteiger partial charge in [0.1, 0.15) is 5.60 Å². The first-order chi connectivity index (χ1) is 8.83. The Balaban J connectivity index is 2.00. The Labute approximate surface area is 126 Å². The molecule has 4 nitrogen and oxygen atoms in total. The van der Waals surface area contributed by atoms with Gasteiger partial charge in [-0.3, -0.25) is 0 Å². The van der Waals surface area contributed by atoms with Gasteiger partial charge in [-0.25, -0.2) is 4.79 Å². The molecule has 0 saturated heterocycles. The molecule has 2 rings (SSSR count). The lowest BCUT2D eigenvalue weighted by molar-refractivity contribution is 0.0523. The first-order valence-corrected chi connectivity index (χ1v) is 7.15. The third kappa shape index (κ3) is 4.12. The van der Waals surface area contributed by atoms with E-state index in [0.29, 0.717) is 6.54 Å². The van der Waals surface area contributed by atoms with Crippen molar-refractivity contribution in [2.75, 3.05) is 0 Å². The minimum absolute atomic E-state index is 0.402. The third-order valence-corrected chi connectivity index (χ3v) is 3.13. The van der Waals surface area contributed by atoms with Crippen LogP contribution in [0, 0.1) is 3.57 Å². The Hall–Kier alpha value is -1.24. The largest absolute Gasteiger partial charge is 0.444 e. The van der Waals surface area contributed by atoms with Crippen LogP contribution in [0.15, 0.2) is 24.3 Å². The molecule has 1 heterocycles. The molecular weight excluding hydrogens is 355 g/mol. The van der Waals surface area contributed by atoms with Crippen LogP contribution in [0.5, 0.6) is 0 Å². The van der Waals surface area contributed by atoms with Crippen LogP contribution in [0.3, 0.4) is 0 Å². The molecule has 0 unspecified atom stereocenters. The van der Waals surface area contributed by atoms with E-state index in [1.807, 2.05) is 39.0 Å². The molecule has 0 aliphatic rings. The first kappa shape index (κ1) is 14.2. The highest BCUT2D eigenvalue weighted by Gasteiger charge is 2.15. The number of hydrogen-bond acceptors (Lipinski definition) is 2. The smallest absolute Gasteiger partial charge is 0.407 e. The van der Waals surface area contributed by atoms with Crippen molar-refractivity contribution in [3.63, 3.8) is 0 Å². The van der Waals surface area contributed by atoms with E-state index in [9.17, 15) is 4.79 Å². The summed E-state index contributed by atoms with van der Waals surface area (Å²) in [7, 11) is 0. The molecule has 0 saturated carbocycles. The van der Waals surface area contributed by atoms with Crippen LogP contribution in [-0.2, 0) is 11.3 Å². The highest BCUT2D eigenvalue weighted by Crippen LogP contribution is 2.18. The number of alkyl carbamates (subject to hydrolysis) is 1. The molecule has 1 aromatic carbocycles. The number of ether oxygens (including phenoxy) is 1. The molecule has 5 heteroatoms. The molecule has 0 fully saturated rings. The highest BCUT2D eigenvalue weighted by molar-refractivity contribution is 14.1. The summed E-state index contributed by atoms with van der Waals surface area (Å²) in [4.78, 5) is 14.8. The van der Waals surface area contributed by atoms with Crippen molar-refractivity contribution in [1.82, 2.24) is 10.3 Å². The Morgan fingerprint density at radius 3 is 2.79 bits per heavy atom. The molecule has 0 spiro atoms. The number of carbonyl (C=O) groups excluding carboxylic acids is 1. The summed E-state index contributed by atoms with van der Waals surface area (Å²) < 4.78 is 6.38. The van der Waals surface area contributed by atoms with Crippen molar-refractivity contribution in [2.24, 2.45) is 0 Å². The van der Waals surface area contributed by atoms with E-state index in [2.05, 4.69) is 39.0 Å². The molecule has 0 radical (unpaired) electrons. The van der Waals surface area contributed by atoms with Crippen molar-refractivity contribution in [1.29, 1.82) is 0 Å². The van der Waals surface area contributed by atoms with Crippen molar-refractivity contribution in [3.05, 3.63) is 33.5 Å². The van der Waals surface area contributed by atoms with Gasteiger partial charge >= 0.3 is 6.09 Å². The molecule has 0 bridgehead atoms. The van der Waals surface area contributed by atoms with Crippen LogP contribution in [0.1, 0.15) is 26.5 Å². The number of nitrogens with one attached hydrogen (secondary N) is 2. The van der Waals surface area contributed by atoms with Gasteiger partial charge in [-0.2, -0.15) is 0 Å². The Morgan fingerprint density at radius 2 is 2.11 bits per heavy atom. The normalized spacial score (nSPS) is 11.6. The lowest BCUT2D eigenvalue weighted by Crippen LogP contribution is -2.32. The van der Waals surface area contributed by atoms with Crippen molar-refractivity contribution < 1.29 is 9.53 Å². The summed E-state index contributed by atoms with van der Waals surface area (Å²) >= 11 is 2.28. The lowest BCUT2D eigenvalue weighted by Gasteiger charge is -2.19. The summed E-state index contributed by atoms with van der Waals surface area (Å²) in [6.07, 6.45) is -0.402. The van der Waals surface area contributed by atoms with Gasteiger partial charge < -0.3 is 15.0 Å². The third-order valence-electron chi connectivity index (χ3n) is 2.46. The maximum absolute atomic E-state index is 11.6. The number of carbonyl (C=O) groups is 1. The predicted molar refractivity (Wildman–Crippen MR) is 84.1 cm³/mol. The van der Waals surface area contributed by atoms with Crippen LogP contribution in [0.2, 0.25) is 0 Å². The minimum atomic E-state index is -0.472. The molecule has 1 aromatic heterocycles. The number of halogens is 1. The van der Waals surface area contributed by atoms with Gasteiger partial charge in [-0.15, -0.1) is 0 Å². The van der Waals surface area contributed by atoms with E-state index in [1.165, 1.54) is 3.57 Å². The van der Waals surface area contributed by atoms with Gasteiger partial charge in [-0.1, -0.05) is 0 Å². The van der Waals surface area contributed by atoms with Gasteiger partial charge in [0, 0.05) is 20.2 Å².